The van der Waals surface area contributed by atoms with E-state index in [0.29, 0.717) is 12.8 Å². The zero-order valence-corrected chi connectivity index (χ0v) is 33.2. The minimum atomic E-state index is -4.38. The van der Waals surface area contributed by atoms with Crippen molar-refractivity contribution >= 4 is 19.8 Å². The molecule has 0 aromatic carbocycles. The molecule has 1 unspecified atom stereocenters. The highest BCUT2D eigenvalue weighted by Gasteiger charge is 2.25. The van der Waals surface area contributed by atoms with Crippen LogP contribution in [-0.4, -0.2) is 49.3 Å². The molecule has 0 saturated carbocycles. The van der Waals surface area contributed by atoms with Crippen LogP contribution in [0.3, 0.4) is 0 Å². The second-order valence-electron chi connectivity index (χ2n) is 13.2. The molecule has 0 radical (unpaired) electrons. The van der Waals surface area contributed by atoms with Crippen molar-refractivity contribution in [2.75, 3.05) is 26.4 Å². The van der Waals surface area contributed by atoms with Gasteiger partial charge in [-0.3, -0.25) is 18.6 Å². The molecule has 10 heteroatoms. The number of ether oxygens (including phenoxy) is 2. The van der Waals surface area contributed by atoms with Crippen molar-refractivity contribution in [2.24, 2.45) is 5.73 Å². The van der Waals surface area contributed by atoms with E-state index < -0.39 is 32.5 Å². The van der Waals surface area contributed by atoms with Crippen LogP contribution in [0.2, 0.25) is 0 Å². The van der Waals surface area contributed by atoms with Gasteiger partial charge in [-0.25, -0.2) is 4.57 Å². The van der Waals surface area contributed by atoms with Gasteiger partial charge in [-0.1, -0.05) is 146 Å². The number of nitrogens with two attached hydrogens (primary N) is 1. The Morgan fingerprint density at radius 1 is 0.588 bits per heavy atom. The van der Waals surface area contributed by atoms with Crippen molar-refractivity contribution in [1.82, 2.24) is 0 Å². The highest BCUT2D eigenvalue weighted by atomic mass is 31.2. The maximum atomic E-state index is 12.5. The van der Waals surface area contributed by atoms with E-state index in [0.717, 1.165) is 57.8 Å². The summed E-state index contributed by atoms with van der Waals surface area (Å²) in [6.07, 6.45) is 41.4. The van der Waals surface area contributed by atoms with Gasteiger partial charge in [0.2, 0.25) is 0 Å². The maximum Gasteiger partial charge on any atom is 0.472 e. The van der Waals surface area contributed by atoms with Gasteiger partial charge in [-0.2, -0.15) is 0 Å². The largest absolute Gasteiger partial charge is 0.472 e. The van der Waals surface area contributed by atoms with Crippen LogP contribution < -0.4 is 5.73 Å². The van der Waals surface area contributed by atoms with Gasteiger partial charge in [-0.05, 0) is 57.8 Å². The van der Waals surface area contributed by atoms with Crippen molar-refractivity contribution in [1.29, 1.82) is 0 Å². The summed E-state index contributed by atoms with van der Waals surface area (Å²) in [6, 6.07) is 0. The Morgan fingerprint density at radius 3 is 1.55 bits per heavy atom. The number of carbonyl (C=O) groups is 2. The molecule has 0 rings (SSSR count). The Labute approximate surface area is 311 Å². The fraction of sp³-hybridized carbons (Fsp3) is 0.756. The van der Waals surface area contributed by atoms with E-state index in [1.807, 2.05) is 0 Å². The highest BCUT2D eigenvalue weighted by Crippen LogP contribution is 2.43. The number of phosphoric ester groups is 1. The lowest BCUT2D eigenvalue weighted by atomic mass is 10.1. The molecule has 3 N–H and O–H groups in total. The molecule has 0 spiro atoms. The molecule has 0 heterocycles. The molecule has 0 bridgehead atoms. The number of rotatable bonds is 37. The van der Waals surface area contributed by atoms with Crippen molar-refractivity contribution < 1.29 is 37.6 Å². The monoisotopic (exact) mass is 740 g/mol. The first kappa shape index (κ1) is 49.0. The molecule has 51 heavy (non-hydrogen) atoms. The van der Waals surface area contributed by atoms with Gasteiger partial charge >= 0.3 is 19.8 Å². The van der Waals surface area contributed by atoms with Gasteiger partial charge in [0.15, 0.2) is 6.10 Å². The zero-order chi connectivity index (χ0) is 37.5. The van der Waals surface area contributed by atoms with Crippen molar-refractivity contribution in [3.05, 3.63) is 48.6 Å². The number of phosphoric acid groups is 1. The standard InChI is InChI=1S/C41H74NO8P/c1-3-5-7-9-11-13-15-16-17-18-19-20-21-22-24-25-27-29-31-33-40(43)47-37-39(38-49-51(45,46)48-36-35-42)50-41(44)34-32-30-28-26-23-14-12-10-8-6-4-2/h11,13,16-17,19-20,22,24,39H,3-10,12,14-15,18,21,23,25-38,42H2,1-2H3,(H,45,46)/b13-11+,17-16+,20-19+,24-22+/t39-/m0/s1. The number of unbranched alkanes of at least 4 members (excludes halogenated alkanes) is 16. The topological polar surface area (TPSA) is 134 Å². The number of carbonyl (C=O) groups excluding carboxylic acids is 2. The molecule has 0 aliphatic rings. The zero-order valence-electron chi connectivity index (χ0n) is 32.3. The molecule has 0 aromatic rings. The van der Waals surface area contributed by atoms with Crippen LogP contribution >= 0.6 is 7.82 Å². The summed E-state index contributed by atoms with van der Waals surface area (Å²) in [5, 5.41) is 0. The van der Waals surface area contributed by atoms with Gasteiger partial charge in [0.25, 0.3) is 0 Å². The number of hydrogen-bond donors (Lipinski definition) is 2. The minimum absolute atomic E-state index is 0.0481. The lowest BCUT2D eigenvalue weighted by Gasteiger charge is -2.19. The van der Waals surface area contributed by atoms with Crippen molar-refractivity contribution in [3.8, 4) is 0 Å². The molecular formula is C41H74NO8P. The third-order valence-corrected chi connectivity index (χ3v) is 9.20. The van der Waals surface area contributed by atoms with Gasteiger partial charge in [-0.15, -0.1) is 0 Å². The van der Waals surface area contributed by atoms with E-state index >= 15 is 0 Å². The average molecular weight is 740 g/mol. The first-order valence-electron chi connectivity index (χ1n) is 20.1. The quantitative estimate of drug-likeness (QED) is 0.0276. The van der Waals surface area contributed by atoms with E-state index in [1.165, 1.54) is 70.6 Å². The maximum absolute atomic E-state index is 12.5. The molecule has 0 aliphatic heterocycles. The van der Waals surface area contributed by atoms with Gasteiger partial charge < -0.3 is 20.1 Å². The van der Waals surface area contributed by atoms with Gasteiger partial charge in [0, 0.05) is 19.4 Å². The van der Waals surface area contributed by atoms with E-state index in [4.69, 9.17) is 24.3 Å². The molecule has 0 fully saturated rings. The Morgan fingerprint density at radius 2 is 1.02 bits per heavy atom. The predicted octanol–water partition coefficient (Wildman–Crippen LogP) is 11.2. The lowest BCUT2D eigenvalue weighted by molar-refractivity contribution is -0.161. The lowest BCUT2D eigenvalue weighted by Crippen LogP contribution is -2.29. The van der Waals surface area contributed by atoms with E-state index in [2.05, 4.69) is 62.5 Å². The SMILES string of the molecule is CCCCC/C=C/C/C=C/C/C=C/C/C=C/CCCCCC(=O)OC[C@@H](COP(=O)(O)OCCN)OC(=O)CCCCCCCCCCCCC. The normalized spacial score (nSPS) is 13.9. The Bertz CT molecular complexity index is 981. The third kappa shape index (κ3) is 37.5. The smallest absolute Gasteiger partial charge is 0.462 e. The molecule has 0 saturated heterocycles. The van der Waals surface area contributed by atoms with Crippen LogP contribution in [-0.2, 0) is 32.7 Å². The summed E-state index contributed by atoms with van der Waals surface area (Å²) in [6.45, 7) is 3.64. The molecule has 0 aliphatic carbocycles. The van der Waals surface area contributed by atoms with E-state index in [9.17, 15) is 19.0 Å². The van der Waals surface area contributed by atoms with Crippen LogP contribution in [0.15, 0.2) is 48.6 Å². The van der Waals surface area contributed by atoms with E-state index in [1.54, 1.807) is 0 Å². The Balaban J connectivity index is 4.24. The molecular weight excluding hydrogens is 665 g/mol. The summed E-state index contributed by atoms with van der Waals surface area (Å²) in [5.41, 5.74) is 5.33. The molecule has 9 nitrogen and oxygen atoms in total. The summed E-state index contributed by atoms with van der Waals surface area (Å²) in [4.78, 5) is 34.7. The number of allylic oxidation sites excluding steroid dienone is 8. The van der Waals surface area contributed by atoms with Crippen LogP contribution in [0.5, 0.6) is 0 Å². The number of esters is 2. The van der Waals surface area contributed by atoms with Gasteiger partial charge in [0.1, 0.15) is 6.61 Å². The van der Waals surface area contributed by atoms with Crippen molar-refractivity contribution in [3.63, 3.8) is 0 Å². The molecule has 0 aromatic heterocycles. The molecule has 2 atom stereocenters. The third-order valence-electron chi connectivity index (χ3n) is 8.22. The van der Waals surface area contributed by atoms with E-state index in [-0.39, 0.29) is 32.6 Å². The van der Waals surface area contributed by atoms with Crippen LogP contribution in [0.4, 0.5) is 0 Å². The Hall–Kier alpha value is -2.03. The predicted molar refractivity (Wildman–Crippen MR) is 210 cm³/mol. The fourth-order valence-corrected chi connectivity index (χ4v) is 5.97. The summed E-state index contributed by atoms with van der Waals surface area (Å²) in [7, 11) is -4.38. The minimum Gasteiger partial charge on any atom is -0.462 e. The molecule has 0 amide bonds. The highest BCUT2D eigenvalue weighted by molar-refractivity contribution is 7.47. The average Bonchev–Trinajstić information content (AvgIpc) is 3.11. The van der Waals surface area contributed by atoms with Gasteiger partial charge in [0.05, 0.1) is 13.2 Å². The Kier molecular flexibility index (Phi) is 36.2. The van der Waals surface area contributed by atoms with Crippen LogP contribution in [0.25, 0.3) is 0 Å². The summed E-state index contributed by atoms with van der Waals surface area (Å²) < 4.78 is 32.6. The number of hydrogen-bond acceptors (Lipinski definition) is 8. The van der Waals surface area contributed by atoms with Crippen molar-refractivity contribution in [2.45, 2.75) is 174 Å². The molecule has 296 valence electrons. The van der Waals surface area contributed by atoms with Crippen LogP contribution in [0, 0.1) is 0 Å². The second kappa shape index (κ2) is 37.7. The fourth-order valence-electron chi connectivity index (χ4n) is 5.20. The first-order valence-corrected chi connectivity index (χ1v) is 21.6. The summed E-state index contributed by atoms with van der Waals surface area (Å²) >= 11 is 0. The van der Waals surface area contributed by atoms with Crippen LogP contribution in [0.1, 0.15) is 168 Å². The second-order valence-corrected chi connectivity index (χ2v) is 14.6. The summed E-state index contributed by atoms with van der Waals surface area (Å²) in [5.74, 6) is -0.867. The first-order chi connectivity index (χ1) is 24.8.